The first-order valence-corrected chi connectivity index (χ1v) is 27.2. The van der Waals surface area contributed by atoms with E-state index in [1.165, 1.54) is 96.3 Å². The average Bonchev–Trinajstić information content (AvgIpc) is 3.31. The van der Waals surface area contributed by atoms with Crippen molar-refractivity contribution < 1.29 is 28.6 Å². The summed E-state index contributed by atoms with van der Waals surface area (Å²) < 4.78 is 16.7. The monoisotopic (exact) mass is 917 g/mol. The van der Waals surface area contributed by atoms with Crippen LogP contribution in [-0.2, 0) is 28.6 Å². The van der Waals surface area contributed by atoms with Gasteiger partial charge in [0.1, 0.15) is 13.2 Å². The second kappa shape index (κ2) is 53.9. The van der Waals surface area contributed by atoms with E-state index in [9.17, 15) is 14.4 Å². The van der Waals surface area contributed by atoms with E-state index >= 15 is 0 Å². The zero-order chi connectivity index (χ0) is 47.9. The molecule has 6 nitrogen and oxygen atoms in total. The molecule has 66 heavy (non-hydrogen) atoms. The van der Waals surface area contributed by atoms with Crippen molar-refractivity contribution in [3.63, 3.8) is 0 Å². The number of hydrogen-bond acceptors (Lipinski definition) is 6. The van der Waals surface area contributed by atoms with Gasteiger partial charge in [-0.15, -0.1) is 0 Å². The Bertz CT molecular complexity index is 1330. The van der Waals surface area contributed by atoms with Crippen molar-refractivity contribution in [1.29, 1.82) is 0 Å². The Morgan fingerprint density at radius 2 is 0.606 bits per heavy atom. The molecule has 0 aromatic carbocycles. The number of rotatable bonds is 48. The molecule has 0 heterocycles. The Balaban J connectivity index is 4.45. The Hall–Kier alpha value is -3.67. The molecule has 0 spiro atoms. The molecule has 0 amide bonds. The number of carbonyl (C=O) groups excluding carboxylic acids is 3. The molecule has 0 fully saturated rings. The lowest BCUT2D eigenvalue weighted by Crippen LogP contribution is -2.30. The standard InChI is InChI=1S/C60H100O6/c1-4-7-10-13-16-19-22-24-26-27-28-29-30-31-32-33-34-36-38-41-44-47-50-53-59(62)65-56-57(55-64-58(61)52-49-46-43-40-37-21-18-15-12-9-6-3)66-60(63)54-51-48-45-42-39-35-25-23-20-17-14-11-8-5-2/h7,10,16,19,23-26,28-29,31-32,34,36,41,44,57H,4-6,8-9,11-15,17-18,20-22,27,30,33,35,37-40,42-43,45-56H2,1-3H3/b10-7-,19-16-,25-23-,26-24-,29-28-,32-31-,36-34-,44-41-. The van der Waals surface area contributed by atoms with Gasteiger partial charge < -0.3 is 14.2 Å². The maximum atomic E-state index is 12.8. The number of unbranched alkanes of at least 4 members (excludes halogenated alkanes) is 21. The van der Waals surface area contributed by atoms with Crippen molar-refractivity contribution in [1.82, 2.24) is 0 Å². The number of allylic oxidation sites excluding steroid dienone is 16. The van der Waals surface area contributed by atoms with Crippen LogP contribution in [0.15, 0.2) is 97.2 Å². The van der Waals surface area contributed by atoms with E-state index in [1.54, 1.807) is 0 Å². The fourth-order valence-electron chi connectivity index (χ4n) is 7.25. The van der Waals surface area contributed by atoms with Crippen LogP contribution < -0.4 is 0 Å². The van der Waals surface area contributed by atoms with E-state index < -0.39 is 6.10 Å². The van der Waals surface area contributed by atoms with Crippen LogP contribution in [-0.4, -0.2) is 37.2 Å². The van der Waals surface area contributed by atoms with Crippen molar-refractivity contribution in [3.05, 3.63) is 97.2 Å². The summed E-state index contributed by atoms with van der Waals surface area (Å²) in [7, 11) is 0. The molecule has 0 saturated carbocycles. The van der Waals surface area contributed by atoms with Crippen LogP contribution in [0.1, 0.15) is 245 Å². The highest BCUT2D eigenvalue weighted by atomic mass is 16.6. The maximum Gasteiger partial charge on any atom is 0.306 e. The van der Waals surface area contributed by atoms with E-state index in [1.807, 2.05) is 0 Å². The summed E-state index contributed by atoms with van der Waals surface area (Å²) in [6.07, 6.45) is 71.1. The van der Waals surface area contributed by atoms with Crippen LogP contribution >= 0.6 is 0 Å². The normalized spacial score (nSPS) is 12.8. The smallest absolute Gasteiger partial charge is 0.306 e. The lowest BCUT2D eigenvalue weighted by molar-refractivity contribution is -0.167. The third kappa shape index (κ3) is 51.3. The highest BCUT2D eigenvalue weighted by molar-refractivity contribution is 5.71. The summed E-state index contributed by atoms with van der Waals surface area (Å²) in [6, 6.07) is 0. The molecule has 0 aromatic rings. The van der Waals surface area contributed by atoms with Crippen molar-refractivity contribution in [2.75, 3.05) is 13.2 Å². The average molecular weight is 917 g/mol. The lowest BCUT2D eigenvalue weighted by Gasteiger charge is -2.18. The second-order valence-corrected chi connectivity index (χ2v) is 17.8. The van der Waals surface area contributed by atoms with Crippen molar-refractivity contribution in [2.24, 2.45) is 0 Å². The lowest BCUT2D eigenvalue weighted by atomic mass is 10.1. The van der Waals surface area contributed by atoms with Crippen LogP contribution in [0, 0.1) is 0 Å². The predicted molar refractivity (Wildman–Crippen MR) is 284 cm³/mol. The number of carbonyl (C=O) groups is 3. The van der Waals surface area contributed by atoms with Gasteiger partial charge in [0.25, 0.3) is 0 Å². The van der Waals surface area contributed by atoms with Gasteiger partial charge in [0.15, 0.2) is 6.10 Å². The quantitative estimate of drug-likeness (QED) is 0.0262. The highest BCUT2D eigenvalue weighted by Gasteiger charge is 2.19. The topological polar surface area (TPSA) is 78.9 Å². The summed E-state index contributed by atoms with van der Waals surface area (Å²) in [5, 5.41) is 0. The van der Waals surface area contributed by atoms with Gasteiger partial charge in [-0.1, -0.05) is 227 Å². The first-order valence-electron chi connectivity index (χ1n) is 27.2. The molecule has 0 aliphatic rings. The van der Waals surface area contributed by atoms with Crippen LogP contribution in [0.3, 0.4) is 0 Å². The number of ether oxygens (including phenoxy) is 3. The maximum absolute atomic E-state index is 12.8. The van der Waals surface area contributed by atoms with Crippen LogP contribution in [0.25, 0.3) is 0 Å². The van der Waals surface area contributed by atoms with Gasteiger partial charge in [0.2, 0.25) is 0 Å². The predicted octanol–water partition coefficient (Wildman–Crippen LogP) is 18.1. The minimum atomic E-state index is -0.803. The first kappa shape index (κ1) is 62.3. The molecule has 6 heteroatoms. The van der Waals surface area contributed by atoms with Crippen LogP contribution in [0.2, 0.25) is 0 Å². The van der Waals surface area contributed by atoms with Crippen LogP contribution in [0.4, 0.5) is 0 Å². The van der Waals surface area contributed by atoms with Crippen molar-refractivity contribution in [3.8, 4) is 0 Å². The fourth-order valence-corrected chi connectivity index (χ4v) is 7.25. The van der Waals surface area contributed by atoms with E-state index in [0.29, 0.717) is 19.3 Å². The summed E-state index contributed by atoms with van der Waals surface area (Å²) in [5.74, 6) is -0.970. The molecule has 0 saturated heterocycles. The highest BCUT2D eigenvalue weighted by Crippen LogP contribution is 2.14. The van der Waals surface area contributed by atoms with Gasteiger partial charge in [-0.3, -0.25) is 14.4 Å². The molecule has 1 atom stereocenters. The Morgan fingerprint density at radius 3 is 1.00 bits per heavy atom. The number of esters is 3. The summed E-state index contributed by atoms with van der Waals surface area (Å²) in [4.78, 5) is 38.0. The SMILES string of the molecule is CC/C=C\C/C=C\C/C=C\C/C=C\C/C=C\C/C=C\C/C=C\CCCC(=O)OCC(COC(=O)CCCCCCCCCCCCC)OC(=O)CCCCCCC/C=C\CCCCCCC. The molecule has 0 aliphatic carbocycles. The Morgan fingerprint density at radius 1 is 0.318 bits per heavy atom. The molecule has 0 aliphatic heterocycles. The minimum absolute atomic E-state index is 0.0977. The fraction of sp³-hybridized carbons (Fsp3) is 0.683. The van der Waals surface area contributed by atoms with Crippen molar-refractivity contribution in [2.45, 2.75) is 252 Å². The zero-order valence-corrected chi connectivity index (χ0v) is 42.9. The molecule has 0 rings (SSSR count). The van der Waals surface area contributed by atoms with E-state index in [0.717, 1.165) is 103 Å². The first-order chi connectivity index (χ1) is 32.5. The third-order valence-corrected chi connectivity index (χ3v) is 11.3. The second-order valence-electron chi connectivity index (χ2n) is 17.8. The summed E-state index contributed by atoms with van der Waals surface area (Å²) in [6.45, 7) is 6.45. The Kier molecular flexibility index (Phi) is 50.9. The van der Waals surface area contributed by atoms with Gasteiger partial charge in [-0.05, 0) is 96.3 Å². The van der Waals surface area contributed by atoms with E-state index in [4.69, 9.17) is 14.2 Å². The van der Waals surface area contributed by atoms with Crippen molar-refractivity contribution >= 4 is 17.9 Å². The molecule has 0 aromatic heterocycles. The summed E-state index contributed by atoms with van der Waals surface area (Å²) in [5.41, 5.74) is 0. The third-order valence-electron chi connectivity index (χ3n) is 11.3. The van der Waals surface area contributed by atoms with Gasteiger partial charge in [-0.2, -0.15) is 0 Å². The molecular formula is C60H100O6. The van der Waals surface area contributed by atoms with E-state index in [-0.39, 0.29) is 37.5 Å². The molecular weight excluding hydrogens is 817 g/mol. The molecule has 1 unspecified atom stereocenters. The molecule has 376 valence electrons. The largest absolute Gasteiger partial charge is 0.462 e. The van der Waals surface area contributed by atoms with Gasteiger partial charge in [0, 0.05) is 19.3 Å². The molecule has 0 bridgehead atoms. The van der Waals surface area contributed by atoms with Gasteiger partial charge in [-0.25, -0.2) is 0 Å². The zero-order valence-electron chi connectivity index (χ0n) is 42.9. The molecule has 0 N–H and O–H groups in total. The summed E-state index contributed by atoms with van der Waals surface area (Å²) >= 11 is 0. The molecule has 0 radical (unpaired) electrons. The van der Waals surface area contributed by atoms with E-state index in [2.05, 4.69) is 118 Å². The minimum Gasteiger partial charge on any atom is -0.462 e. The number of hydrogen-bond donors (Lipinski definition) is 0. The van der Waals surface area contributed by atoms with Gasteiger partial charge >= 0.3 is 17.9 Å². The van der Waals surface area contributed by atoms with Gasteiger partial charge in [0.05, 0.1) is 0 Å². The Labute approximate surface area is 407 Å². The van der Waals surface area contributed by atoms with Crippen LogP contribution in [0.5, 0.6) is 0 Å².